The van der Waals surface area contributed by atoms with E-state index in [1.54, 1.807) is 18.0 Å². The van der Waals surface area contributed by atoms with Crippen LogP contribution >= 0.6 is 47.8 Å². The zero-order valence-corrected chi connectivity index (χ0v) is 27.2. The number of rotatable bonds is 15. The molecule has 0 fully saturated rings. The Bertz CT molecular complexity index is 1020. The quantitative estimate of drug-likeness (QED) is 0.160. The lowest BCUT2D eigenvalue weighted by Gasteiger charge is -2.17. The third-order valence-electron chi connectivity index (χ3n) is 5.55. The molecule has 0 saturated carbocycles. The van der Waals surface area contributed by atoms with Gasteiger partial charge in [0.1, 0.15) is 11.5 Å². The molecule has 0 aliphatic rings. The Kier molecular flexibility index (Phi) is 14.2. The minimum Gasteiger partial charge on any atom is -0.492 e. The average molecular weight is 704 g/mol. The lowest BCUT2D eigenvalue weighted by molar-refractivity contribution is -0.124. The summed E-state index contributed by atoms with van der Waals surface area (Å²) in [5, 5.41) is 0. The summed E-state index contributed by atoms with van der Waals surface area (Å²) in [5.74, 6) is 1.55. The van der Waals surface area contributed by atoms with Crippen LogP contribution in [0.4, 0.5) is 0 Å². The van der Waals surface area contributed by atoms with E-state index in [0.29, 0.717) is 19.8 Å². The number of hydrogen-bond donors (Lipinski definition) is 0. The Morgan fingerprint density at radius 2 is 1.43 bits per heavy atom. The molecule has 2 aromatic carbocycles. The summed E-state index contributed by atoms with van der Waals surface area (Å²) in [4.78, 5) is 18.6. The number of carbonyl (C=O) groups is 1. The second-order valence-electron chi connectivity index (χ2n) is 9.43. The number of nitrogens with zero attached hydrogens (tertiary/aromatic N) is 3. The highest BCUT2D eigenvalue weighted by Crippen LogP contribution is 2.35. The van der Waals surface area contributed by atoms with Crippen LogP contribution < -0.4 is 9.47 Å². The van der Waals surface area contributed by atoms with Crippen molar-refractivity contribution in [1.82, 2.24) is 14.7 Å². The summed E-state index contributed by atoms with van der Waals surface area (Å²) in [6.45, 7) is 3.75. The van der Waals surface area contributed by atoms with Crippen molar-refractivity contribution in [2.45, 2.75) is 19.3 Å². The number of carbonyl (C=O) groups excluding carboxylic acids is 1. The fourth-order valence-corrected chi connectivity index (χ4v) is 5.45. The third-order valence-corrected chi connectivity index (χ3v) is 7.35. The molecule has 37 heavy (non-hydrogen) atoms. The number of hydrogen-bond acceptors (Lipinski definition) is 5. The summed E-state index contributed by atoms with van der Waals surface area (Å²) in [6, 6.07) is 10.0. The molecule has 0 atom stereocenters. The van der Waals surface area contributed by atoms with Gasteiger partial charge in [-0.3, -0.25) is 4.79 Å². The summed E-state index contributed by atoms with van der Waals surface area (Å²) >= 11 is 10.8. The smallest absolute Gasteiger partial charge is 0.246 e. The maximum Gasteiger partial charge on any atom is 0.246 e. The van der Waals surface area contributed by atoms with Gasteiger partial charge in [0, 0.05) is 32.8 Å². The predicted octanol–water partition coefficient (Wildman–Crippen LogP) is 6.35. The van der Waals surface area contributed by atoms with Crippen molar-refractivity contribution < 1.29 is 14.3 Å². The van der Waals surface area contributed by atoms with Crippen molar-refractivity contribution in [3.8, 4) is 11.5 Å². The van der Waals surface area contributed by atoms with E-state index in [2.05, 4.69) is 97.9 Å². The Morgan fingerprint density at radius 3 is 2.05 bits per heavy atom. The van der Waals surface area contributed by atoms with E-state index >= 15 is 0 Å². The molecule has 0 spiro atoms. The van der Waals surface area contributed by atoms with E-state index in [4.69, 9.17) is 9.47 Å². The minimum atomic E-state index is -0.0484. The number of likely N-dealkylation sites (N-methyl/N-ethyl adjacent to an activating group) is 2. The van der Waals surface area contributed by atoms with Crippen molar-refractivity contribution in [3.63, 3.8) is 0 Å². The van der Waals surface area contributed by atoms with Gasteiger partial charge in [-0.2, -0.15) is 0 Å². The Hall–Kier alpha value is -1.39. The van der Waals surface area contributed by atoms with Gasteiger partial charge in [-0.1, -0.05) is 6.07 Å². The fourth-order valence-electron chi connectivity index (χ4n) is 3.43. The van der Waals surface area contributed by atoms with Crippen molar-refractivity contribution in [2.75, 3.05) is 68.1 Å². The van der Waals surface area contributed by atoms with E-state index < -0.39 is 0 Å². The molecular weight excluding hydrogens is 666 g/mol. The van der Waals surface area contributed by atoms with Gasteiger partial charge in [-0.25, -0.2) is 0 Å². The van der Waals surface area contributed by atoms with Crippen LogP contribution in [0.3, 0.4) is 0 Å². The summed E-state index contributed by atoms with van der Waals surface area (Å²) in [5.41, 5.74) is 2.17. The van der Waals surface area contributed by atoms with Gasteiger partial charge in [-0.05, 0) is 137 Å². The molecule has 9 heteroatoms. The number of amides is 1. The van der Waals surface area contributed by atoms with Gasteiger partial charge < -0.3 is 24.2 Å². The van der Waals surface area contributed by atoms with Gasteiger partial charge in [-0.15, -0.1) is 0 Å². The van der Waals surface area contributed by atoms with E-state index in [1.807, 2.05) is 24.3 Å². The van der Waals surface area contributed by atoms with E-state index in [1.165, 1.54) is 5.56 Å². The van der Waals surface area contributed by atoms with Crippen molar-refractivity contribution >= 4 is 59.8 Å². The maximum absolute atomic E-state index is 12.6. The molecule has 1 amide bonds. The van der Waals surface area contributed by atoms with Crippen LogP contribution in [-0.2, 0) is 11.2 Å². The van der Waals surface area contributed by atoms with Crippen LogP contribution in [0.25, 0.3) is 6.08 Å². The second kappa shape index (κ2) is 16.5. The van der Waals surface area contributed by atoms with Crippen LogP contribution in [0.15, 0.2) is 49.8 Å². The first-order valence-corrected chi connectivity index (χ1v) is 14.7. The van der Waals surface area contributed by atoms with Crippen LogP contribution in [-0.4, -0.2) is 88.7 Å². The van der Waals surface area contributed by atoms with Gasteiger partial charge in [0.15, 0.2) is 0 Å². The SMILES string of the molecule is CN(C)CCCOc1ccc(/C=C/C(=O)N(C)CCCOc2c(Br)cc(CCN(C)C)cc2Br)cc1Br. The molecule has 2 rings (SSSR count). The zero-order valence-electron chi connectivity index (χ0n) is 22.4. The summed E-state index contributed by atoms with van der Waals surface area (Å²) in [6.07, 6.45) is 6.08. The van der Waals surface area contributed by atoms with Gasteiger partial charge >= 0.3 is 0 Å². The highest BCUT2D eigenvalue weighted by molar-refractivity contribution is 9.11. The third kappa shape index (κ3) is 11.9. The predicted molar refractivity (Wildman–Crippen MR) is 164 cm³/mol. The Balaban J connectivity index is 1.78. The van der Waals surface area contributed by atoms with Crippen molar-refractivity contribution in [2.24, 2.45) is 0 Å². The molecular formula is C28H38Br3N3O3. The number of benzene rings is 2. The van der Waals surface area contributed by atoms with Gasteiger partial charge in [0.05, 0.1) is 26.6 Å². The first-order valence-electron chi connectivity index (χ1n) is 12.3. The van der Waals surface area contributed by atoms with Crippen LogP contribution in [0.2, 0.25) is 0 Å². The summed E-state index contributed by atoms with van der Waals surface area (Å²) in [7, 11) is 10.0. The molecule has 0 radical (unpaired) electrons. The molecule has 2 aromatic rings. The molecule has 0 aromatic heterocycles. The zero-order chi connectivity index (χ0) is 27.4. The first kappa shape index (κ1) is 31.8. The monoisotopic (exact) mass is 701 g/mol. The molecule has 0 unspecified atom stereocenters. The molecule has 0 saturated heterocycles. The molecule has 0 N–H and O–H groups in total. The molecule has 6 nitrogen and oxygen atoms in total. The molecule has 0 aliphatic heterocycles. The van der Waals surface area contributed by atoms with E-state index in [-0.39, 0.29) is 5.91 Å². The standard InChI is InChI=1S/C28H38Br3N3O3/c1-32(2)13-6-16-36-26-10-8-21(18-23(26)29)9-11-27(35)34(5)14-7-17-37-28-24(30)19-22(20-25(28)31)12-15-33(3)4/h8-11,18-20H,6-7,12-17H2,1-5H3/b11-9+. The van der Waals surface area contributed by atoms with Crippen LogP contribution in [0.5, 0.6) is 11.5 Å². The number of halogens is 3. The highest BCUT2D eigenvalue weighted by Gasteiger charge is 2.11. The summed E-state index contributed by atoms with van der Waals surface area (Å²) < 4.78 is 14.6. The van der Waals surface area contributed by atoms with Crippen LogP contribution in [0, 0.1) is 0 Å². The topological polar surface area (TPSA) is 45.3 Å². The normalized spacial score (nSPS) is 11.5. The average Bonchev–Trinajstić information content (AvgIpc) is 2.83. The number of ether oxygens (including phenoxy) is 2. The Morgan fingerprint density at radius 1 is 0.811 bits per heavy atom. The molecule has 0 heterocycles. The van der Waals surface area contributed by atoms with Gasteiger partial charge in [0.25, 0.3) is 0 Å². The maximum atomic E-state index is 12.6. The van der Waals surface area contributed by atoms with E-state index in [0.717, 1.165) is 62.8 Å². The van der Waals surface area contributed by atoms with Crippen LogP contribution in [0.1, 0.15) is 24.0 Å². The highest BCUT2D eigenvalue weighted by atomic mass is 79.9. The first-order chi connectivity index (χ1) is 17.6. The Labute approximate surface area is 247 Å². The van der Waals surface area contributed by atoms with Gasteiger partial charge in [0.2, 0.25) is 5.91 Å². The molecule has 0 bridgehead atoms. The molecule has 204 valence electrons. The van der Waals surface area contributed by atoms with E-state index in [9.17, 15) is 4.79 Å². The molecule has 0 aliphatic carbocycles. The second-order valence-corrected chi connectivity index (χ2v) is 12.0. The largest absolute Gasteiger partial charge is 0.492 e. The van der Waals surface area contributed by atoms with Crippen molar-refractivity contribution in [1.29, 1.82) is 0 Å². The minimum absolute atomic E-state index is 0.0484. The lowest BCUT2D eigenvalue weighted by atomic mass is 10.1. The van der Waals surface area contributed by atoms with Crippen molar-refractivity contribution in [3.05, 3.63) is 61.0 Å². The lowest BCUT2D eigenvalue weighted by Crippen LogP contribution is -2.26. The fraction of sp³-hybridized carbons (Fsp3) is 0.464.